The van der Waals surface area contributed by atoms with Crippen molar-refractivity contribution in [2.75, 3.05) is 6.54 Å². The van der Waals surface area contributed by atoms with E-state index in [0.717, 1.165) is 13.0 Å². The van der Waals surface area contributed by atoms with Gasteiger partial charge in [0, 0.05) is 0 Å². The SMILES string of the molecule is CC1CCN[C@@H]1O. The van der Waals surface area contributed by atoms with Gasteiger partial charge in [-0.2, -0.15) is 0 Å². The van der Waals surface area contributed by atoms with E-state index >= 15 is 0 Å². The molecule has 0 amide bonds. The van der Waals surface area contributed by atoms with E-state index < -0.39 is 0 Å². The molecule has 0 bridgehead atoms. The Labute approximate surface area is 43.5 Å². The lowest BCUT2D eigenvalue weighted by Crippen LogP contribution is -2.24. The Hall–Kier alpha value is -0.0800. The Morgan fingerprint density at radius 2 is 2.43 bits per heavy atom. The molecular formula is C5H11NO. The minimum absolute atomic E-state index is 0.236. The zero-order valence-electron chi connectivity index (χ0n) is 4.52. The fourth-order valence-electron chi connectivity index (χ4n) is 0.818. The van der Waals surface area contributed by atoms with Gasteiger partial charge in [0.15, 0.2) is 0 Å². The van der Waals surface area contributed by atoms with Crippen LogP contribution in [0.4, 0.5) is 0 Å². The lowest BCUT2D eigenvalue weighted by Gasteiger charge is -2.04. The van der Waals surface area contributed by atoms with Crippen LogP contribution < -0.4 is 5.32 Å². The molecule has 0 aromatic rings. The van der Waals surface area contributed by atoms with Crippen molar-refractivity contribution in [2.24, 2.45) is 5.92 Å². The van der Waals surface area contributed by atoms with Crippen LogP contribution in [0.5, 0.6) is 0 Å². The molecule has 2 N–H and O–H groups in total. The summed E-state index contributed by atoms with van der Waals surface area (Å²) in [6.07, 6.45) is 0.876. The first-order chi connectivity index (χ1) is 3.30. The normalized spacial score (nSPS) is 42.0. The number of aliphatic hydroxyl groups is 1. The highest BCUT2D eigenvalue weighted by Gasteiger charge is 2.18. The molecule has 2 heteroatoms. The molecule has 0 aromatic heterocycles. The predicted molar refractivity (Wildman–Crippen MR) is 27.8 cm³/mol. The van der Waals surface area contributed by atoms with Crippen molar-refractivity contribution in [3.05, 3.63) is 0 Å². The molecule has 1 rings (SSSR count). The zero-order valence-corrected chi connectivity index (χ0v) is 4.52. The first kappa shape index (κ1) is 5.06. The number of rotatable bonds is 0. The number of aliphatic hydroxyl groups excluding tert-OH is 1. The summed E-state index contributed by atoms with van der Waals surface area (Å²) in [5.41, 5.74) is 0. The fraction of sp³-hybridized carbons (Fsp3) is 1.00. The molecule has 0 radical (unpaired) electrons. The van der Waals surface area contributed by atoms with Crippen LogP contribution in [0.25, 0.3) is 0 Å². The summed E-state index contributed by atoms with van der Waals surface area (Å²) in [6.45, 7) is 3.02. The van der Waals surface area contributed by atoms with Gasteiger partial charge in [0.25, 0.3) is 0 Å². The first-order valence-electron chi connectivity index (χ1n) is 2.72. The summed E-state index contributed by atoms with van der Waals surface area (Å²) in [7, 11) is 0. The van der Waals surface area contributed by atoms with Gasteiger partial charge in [-0.05, 0) is 18.9 Å². The molecule has 1 aliphatic rings. The number of hydrogen-bond acceptors (Lipinski definition) is 2. The summed E-state index contributed by atoms with van der Waals surface area (Å²) in [4.78, 5) is 0. The van der Waals surface area contributed by atoms with Crippen molar-refractivity contribution in [3.63, 3.8) is 0 Å². The second-order valence-corrected chi connectivity index (χ2v) is 2.16. The lowest BCUT2D eigenvalue weighted by molar-refractivity contribution is 0.121. The number of nitrogens with one attached hydrogen (secondary N) is 1. The highest BCUT2D eigenvalue weighted by Crippen LogP contribution is 2.10. The summed E-state index contributed by atoms with van der Waals surface area (Å²) in [5.74, 6) is 0.458. The quantitative estimate of drug-likeness (QED) is 0.448. The highest BCUT2D eigenvalue weighted by atomic mass is 16.3. The van der Waals surface area contributed by atoms with E-state index in [4.69, 9.17) is 5.11 Å². The maximum atomic E-state index is 8.89. The maximum absolute atomic E-state index is 8.89. The molecule has 2 nitrogen and oxygen atoms in total. The van der Waals surface area contributed by atoms with Gasteiger partial charge < -0.3 is 5.11 Å². The first-order valence-corrected chi connectivity index (χ1v) is 2.72. The van der Waals surface area contributed by atoms with Crippen molar-refractivity contribution in [2.45, 2.75) is 19.6 Å². The van der Waals surface area contributed by atoms with Gasteiger partial charge in [-0.15, -0.1) is 0 Å². The van der Waals surface area contributed by atoms with E-state index in [0.29, 0.717) is 5.92 Å². The van der Waals surface area contributed by atoms with Crippen LogP contribution in [0.1, 0.15) is 13.3 Å². The molecule has 0 spiro atoms. The second kappa shape index (κ2) is 1.80. The minimum Gasteiger partial charge on any atom is -0.378 e. The Balaban J connectivity index is 2.33. The topological polar surface area (TPSA) is 32.3 Å². The van der Waals surface area contributed by atoms with Gasteiger partial charge in [-0.25, -0.2) is 0 Å². The molecule has 1 aliphatic heterocycles. The minimum atomic E-state index is -0.236. The van der Waals surface area contributed by atoms with Crippen LogP contribution in [0.2, 0.25) is 0 Å². The van der Waals surface area contributed by atoms with Crippen LogP contribution in [-0.2, 0) is 0 Å². The molecular weight excluding hydrogens is 90.1 g/mol. The molecule has 1 saturated heterocycles. The van der Waals surface area contributed by atoms with E-state index in [9.17, 15) is 0 Å². The molecule has 1 fully saturated rings. The second-order valence-electron chi connectivity index (χ2n) is 2.16. The third kappa shape index (κ3) is 0.924. The highest BCUT2D eigenvalue weighted by molar-refractivity contribution is 4.70. The molecule has 0 aromatic carbocycles. The van der Waals surface area contributed by atoms with Crippen LogP contribution >= 0.6 is 0 Å². The summed E-state index contributed by atoms with van der Waals surface area (Å²) < 4.78 is 0. The predicted octanol–water partition coefficient (Wildman–Crippen LogP) is -0.0658. The summed E-state index contributed by atoms with van der Waals surface area (Å²) >= 11 is 0. The average molecular weight is 101 g/mol. The van der Waals surface area contributed by atoms with Gasteiger partial charge in [0.05, 0.1) is 0 Å². The van der Waals surface area contributed by atoms with Crippen molar-refractivity contribution in [1.82, 2.24) is 5.32 Å². The van der Waals surface area contributed by atoms with Crippen LogP contribution in [0, 0.1) is 5.92 Å². The Morgan fingerprint density at radius 1 is 1.71 bits per heavy atom. The Morgan fingerprint density at radius 3 is 2.57 bits per heavy atom. The van der Waals surface area contributed by atoms with Gasteiger partial charge in [0.2, 0.25) is 0 Å². The Bertz CT molecular complexity index is 57.1. The maximum Gasteiger partial charge on any atom is 0.107 e. The molecule has 0 aliphatic carbocycles. The fourth-order valence-corrected chi connectivity index (χ4v) is 0.818. The third-order valence-electron chi connectivity index (χ3n) is 1.49. The van der Waals surface area contributed by atoms with Gasteiger partial charge >= 0.3 is 0 Å². The van der Waals surface area contributed by atoms with Gasteiger partial charge in [0.1, 0.15) is 6.23 Å². The summed E-state index contributed by atoms with van der Waals surface area (Å²) in [5, 5.41) is 11.8. The monoisotopic (exact) mass is 101 g/mol. The van der Waals surface area contributed by atoms with Gasteiger partial charge in [-0.3, -0.25) is 5.32 Å². The van der Waals surface area contributed by atoms with E-state index in [1.807, 2.05) is 6.92 Å². The van der Waals surface area contributed by atoms with Crippen LogP contribution in [0.3, 0.4) is 0 Å². The Kier molecular flexibility index (Phi) is 1.30. The average Bonchev–Trinajstić information content (AvgIpc) is 1.91. The zero-order chi connectivity index (χ0) is 5.28. The van der Waals surface area contributed by atoms with Crippen molar-refractivity contribution in [1.29, 1.82) is 0 Å². The molecule has 1 unspecified atom stereocenters. The van der Waals surface area contributed by atoms with Crippen LogP contribution in [0.15, 0.2) is 0 Å². The van der Waals surface area contributed by atoms with E-state index in [1.165, 1.54) is 0 Å². The van der Waals surface area contributed by atoms with Crippen LogP contribution in [-0.4, -0.2) is 17.9 Å². The third-order valence-corrected chi connectivity index (χ3v) is 1.49. The molecule has 7 heavy (non-hydrogen) atoms. The van der Waals surface area contributed by atoms with Crippen molar-refractivity contribution >= 4 is 0 Å². The van der Waals surface area contributed by atoms with Crippen molar-refractivity contribution in [3.8, 4) is 0 Å². The van der Waals surface area contributed by atoms with Gasteiger partial charge in [-0.1, -0.05) is 6.92 Å². The van der Waals surface area contributed by atoms with Crippen molar-refractivity contribution < 1.29 is 5.11 Å². The lowest BCUT2D eigenvalue weighted by atomic mass is 10.1. The van der Waals surface area contributed by atoms with E-state index in [-0.39, 0.29) is 6.23 Å². The smallest absolute Gasteiger partial charge is 0.107 e. The molecule has 0 saturated carbocycles. The number of hydrogen-bond donors (Lipinski definition) is 2. The van der Waals surface area contributed by atoms with E-state index in [2.05, 4.69) is 5.32 Å². The summed E-state index contributed by atoms with van der Waals surface area (Å²) in [6, 6.07) is 0. The molecule has 1 heterocycles. The van der Waals surface area contributed by atoms with E-state index in [1.54, 1.807) is 0 Å². The standard InChI is InChI=1S/C5H11NO/c1-4-2-3-6-5(4)7/h4-7H,2-3H2,1H3/t4?,5-/m1/s1. The molecule has 2 atom stereocenters. The largest absolute Gasteiger partial charge is 0.378 e. The molecule has 42 valence electrons.